The van der Waals surface area contributed by atoms with Crippen LogP contribution in [0.5, 0.6) is 5.75 Å². The lowest BCUT2D eigenvalue weighted by atomic mass is 9.96. The molecular formula is C19H20N2O2. The van der Waals surface area contributed by atoms with Crippen LogP contribution in [-0.2, 0) is 0 Å². The number of ether oxygens (including phenoxy) is 1. The van der Waals surface area contributed by atoms with Crippen LogP contribution in [0.2, 0.25) is 0 Å². The first-order valence-electron chi connectivity index (χ1n) is 8.05. The van der Waals surface area contributed by atoms with Crippen LogP contribution in [0.4, 0.5) is 10.5 Å². The number of para-hydroxylation sites is 1. The van der Waals surface area contributed by atoms with Gasteiger partial charge < -0.3 is 9.64 Å². The minimum Gasteiger partial charge on any atom is -0.410 e. The third-order valence-corrected chi connectivity index (χ3v) is 4.80. The first kappa shape index (κ1) is 14.3. The molecule has 0 spiro atoms. The topological polar surface area (TPSA) is 41.6 Å². The number of rotatable bonds is 2. The van der Waals surface area contributed by atoms with Gasteiger partial charge in [0.2, 0.25) is 0 Å². The number of piperidine rings is 1. The number of anilines is 1. The number of fused-ring (bicyclic) bond motifs is 5. The van der Waals surface area contributed by atoms with Crippen LogP contribution in [0.15, 0.2) is 48.5 Å². The molecule has 2 atom stereocenters. The second-order valence-electron chi connectivity index (χ2n) is 6.52. The molecule has 0 aromatic heterocycles. The Hall–Kier alpha value is -2.33. The van der Waals surface area contributed by atoms with E-state index >= 15 is 0 Å². The average molecular weight is 308 g/mol. The Morgan fingerprint density at radius 1 is 1.09 bits per heavy atom. The van der Waals surface area contributed by atoms with Crippen LogP contribution >= 0.6 is 0 Å². The molecule has 1 aliphatic carbocycles. The Balaban J connectivity index is 1.49. The highest BCUT2D eigenvalue weighted by Crippen LogP contribution is 2.46. The number of amides is 1. The summed E-state index contributed by atoms with van der Waals surface area (Å²) in [6.45, 7) is 2.21. The standard InChI is InChI=1S/C19H20N2O2/c1-21-11-13-9-14(12-21)18-10-16(7-8-17(13)18)23-19(22)20-15-5-3-2-4-6-15/h2-8,10,13-14H,9,11-12H2,1H3,(H,20,22). The van der Waals surface area contributed by atoms with E-state index in [0.29, 0.717) is 17.6 Å². The molecule has 23 heavy (non-hydrogen) atoms. The molecule has 2 bridgehead atoms. The number of nitrogens with one attached hydrogen (secondary N) is 1. The molecule has 118 valence electrons. The summed E-state index contributed by atoms with van der Waals surface area (Å²) in [7, 11) is 2.18. The van der Waals surface area contributed by atoms with Crippen LogP contribution in [0.1, 0.15) is 29.4 Å². The molecule has 1 aliphatic heterocycles. The van der Waals surface area contributed by atoms with Gasteiger partial charge in [-0.1, -0.05) is 24.3 Å². The number of nitrogens with zero attached hydrogens (tertiary/aromatic N) is 1. The van der Waals surface area contributed by atoms with Crippen molar-refractivity contribution in [3.8, 4) is 5.75 Å². The van der Waals surface area contributed by atoms with E-state index in [0.717, 1.165) is 18.8 Å². The molecule has 2 aromatic rings. The van der Waals surface area contributed by atoms with Gasteiger partial charge in [0.05, 0.1) is 0 Å². The number of benzene rings is 2. The van der Waals surface area contributed by atoms with E-state index in [1.54, 1.807) is 0 Å². The molecule has 2 aromatic carbocycles. The summed E-state index contributed by atoms with van der Waals surface area (Å²) < 4.78 is 5.46. The molecule has 0 saturated carbocycles. The van der Waals surface area contributed by atoms with E-state index < -0.39 is 6.09 Å². The number of hydrogen-bond acceptors (Lipinski definition) is 3. The van der Waals surface area contributed by atoms with Gasteiger partial charge in [-0.05, 0) is 60.7 Å². The highest BCUT2D eigenvalue weighted by atomic mass is 16.6. The highest BCUT2D eigenvalue weighted by molar-refractivity contribution is 5.86. The number of likely N-dealkylation sites (tertiary alicyclic amines) is 1. The molecule has 0 radical (unpaired) electrons. The van der Waals surface area contributed by atoms with Gasteiger partial charge in [-0.3, -0.25) is 5.32 Å². The predicted octanol–water partition coefficient (Wildman–Crippen LogP) is 3.81. The van der Waals surface area contributed by atoms with Crippen molar-refractivity contribution in [2.24, 2.45) is 0 Å². The van der Waals surface area contributed by atoms with Crippen molar-refractivity contribution in [1.82, 2.24) is 4.90 Å². The molecule has 4 nitrogen and oxygen atoms in total. The summed E-state index contributed by atoms with van der Waals surface area (Å²) in [5.74, 6) is 1.81. The zero-order valence-corrected chi connectivity index (χ0v) is 13.2. The molecule has 1 N–H and O–H groups in total. The zero-order valence-electron chi connectivity index (χ0n) is 13.2. The molecule has 4 rings (SSSR count). The number of carbonyl (C=O) groups excluding carboxylic acids is 1. The Labute approximate surface area is 136 Å². The second-order valence-corrected chi connectivity index (χ2v) is 6.52. The van der Waals surface area contributed by atoms with E-state index in [1.807, 2.05) is 42.5 Å². The van der Waals surface area contributed by atoms with Gasteiger partial charge in [-0.25, -0.2) is 4.79 Å². The van der Waals surface area contributed by atoms with E-state index in [2.05, 4.69) is 23.3 Å². The summed E-state index contributed by atoms with van der Waals surface area (Å²) >= 11 is 0. The minimum atomic E-state index is -0.450. The van der Waals surface area contributed by atoms with Crippen LogP contribution in [0, 0.1) is 0 Å². The van der Waals surface area contributed by atoms with E-state index in [4.69, 9.17) is 4.74 Å². The molecule has 1 saturated heterocycles. The molecule has 2 aliphatic rings. The van der Waals surface area contributed by atoms with Crippen LogP contribution in [0.25, 0.3) is 0 Å². The van der Waals surface area contributed by atoms with Crippen molar-refractivity contribution in [2.75, 3.05) is 25.5 Å². The maximum atomic E-state index is 12.0. The van der Waals surface area contributed by atoms with Gasteiger partial charge in [0.1, 0.15) is 5.75 Å². The number of carbonyl (C=O) groups is 1. The fourth-order valence-electron chi connectivity index (χ4n) is 3.88. The van der Waals surface area contributed by atoms with Gasteiger partial charge >= 0.3 is 6.09 Å². The second kappa shape index (κ2) is 5.70. The normalized spacial score (nSPS) is 22.5. The molecular weight excluding hydrogens is 288 g/mol. The minimum absolute atomic E-state index is 0.450. The van der Waals surface area contributed by atoms with E-state index in [9.17, 15) is 4.79 Å². The van der Waals surface area contributed by atoms with Crippen LogP contribution in [-0.4, -0.2) is 31.1 Å². The van der Waals surface area contributed by atoms with Gasteiger partial charge in [0.15, 0.2) is 0 Å². The summed E-state index contributed by atoms with van der Waals surface area (Å²) in [5.41, 5.74) is 3.51. The average Bonchev–Trinajstić information content (AvgIpc) is 2.79. The lowest BCUT2D eigenvalue weighted by Crippen LogP contribution is -2.31. The maximum absolute atomic E-state index is 12.0. The smallest absolute Gasteiger partial charge is 0.410 e. The third kappa shape index (κ3) is 2.82. The molecule has 1 fully saturated rings. The lowest BCUT2D eigenvalue weighted by molar-refractivity contribution is 0.215. The predicted molar refractivity (Wildman–Crippen MR) is 90.1 cm³/mol. The number of likely N-dealkylation sites (N-methyl/N-ethyl adjacent to an activating group) is 1. The van der Waals surface area contributed by atoms with Crippen LogP contribution in [0.3, 0.4) is 0 Å². The first-order valence-corrected chi connectivity index (χ1v) is 8.05. The molecule has 1 heterocycles. The first-order chi connectivity index (χ1) is 11.2. The Bertz CT molecular complexity index is 727. The molecule has 1 amide bonds. The van der Waals surface area contributed by atoms with Gasteiger partial charge in [-0.2, -0.15) is 0 Å². The van der Waals surface area contributed by atoms with Crippen LogP contribution < -0.4 is 10.1 Å². The Kier molecular flexibility index (Phi) is 3.54. The monoisotopic (exact) mass is 308 g/mol. The summed E-state index contributed by atoms with van der Waals surface area (Å²) in [4.78, 5) is 14.4. The molecule has 2 unspecified atom stereocenters. The van der Waals surface area contributed by atoms with Crippen molar-refractivity contribution < 1.29 is 9.53 Å². The number of hydrogen-bond donors (Lipinski definition) is 1. The lowest BCUT2D eigenvalue weighted by Gasteiger charge is -2.28. The fraction of sp³-hybridized carbons (Fsp3) is 0.316. The highest BCUT2D eigenvalue weighted by Gasteiger charge is 2.36. The Morgan fingerprint density at radius 3 is 2.61 bits per heavy atom. The SMILES string of the molecule is CN1CC2CC(C1)c1cc(OC(=O)Nc3ccccc3)ccc12. The van der Waals surface area contributed by atoms with E-state index in [-0.39, 0.29) is 0 Å². The van der Waals surface area contributed by atoms with Crippen molar-refractivity contribution >= 4 is 11.8 Å². The summed E-state index contributed by atoms with van der Waals surface area (Å²) in [5, 5.41) is 2.74. The molecule has 4 heteroatoms. The fourth-order valence-corrected chi connectivity index (χ4v) is 3.88. The van der Waals surface area contributed by atoms with Crippen molar-refractivity contribution in [2.45, 2.75) is 18.3 Å². The maximum Gasteiger partial charge on any atom is 0.417 e. The van der Waals surface area contributed by atoms with Crippen molar-refractivity contribution in [3.05, 3.63) is 59.7 Å². The van der Waals surface area contributed by atoms with Crippen molar-refractivity contribution in [1.29, 1.82) is 0 Å². The largest absolute Gasteiger partial charge is 0.417 e. The van der Waals surface area contributed by atoms with Crippen molar-refractivity contribution in [3.63, 3.8) is 0 Å². The zero-order chi connectivity index (χ0) is 15.8. The van der Waals surface area contributed by atoms with Gasteiger partial charge in [-0.15, -0.1) is 0 Å². The Morgan fingerprint density at radius 2 is 1.83 bits per heavy atom. The summed E-state index contributed by atoms with van der Waals surface area (Å²) in [6.07, 6.45) is 0.772. The van der Waals surface area contributed by atoms with Gasteiger partial charge in [0.25, 0.3) is 0 Å². The third-order valence-electron chi connectivity index (χ3n) is 4.80. The van der Waals surface area contributed by atoms with Gasteiger partial charge in [0, 0.05) is 18.8 Å². The quantitative estimate of drug-likeness (QED) is 0.917. The summed E-state index contributed by atoms with van der Waals surface area (Å²) in [6, 6.07) is 15.4. The van der Waals surface area contributed by atoms with E-state index in [1.165, 1.54) is 17.5 Å².